The molecule has 1 amide bonds. The molecule has 0 bridgehead atoms. The van der Waals surface area contributed by atoms with Crippen LogP contribution in [-0.2, 0) is 0 Å². The van der Waals surface area contributed by atoms with Crippen molar-refractivity contribution >= 4 is 17.3 Å². The van der Waals surface area contributed by atoms with Crippen LogP contribution in [0.3, 0.4) is 0 Å². The minimum absolute atomic E-state index is 0.0689. The Morgan fingerprint density at radius 1 is 1.32 bits per heavy atom. The Bertz CT molecular complexity index is 578. The van der Waals surface area contributed by atoms with E-state index < -0.39 is 0 Å². The van der Waals surface area contributed by atoms with Gasteiger partial charge in [-0.15, -0.1) is 0 Å². The van der Waals surface area contributed by atoms with Crippen LogP contribution in [0.4, 0.5) is 11.4 Å². The van der Waals surface area contributed by atoms with Crippen molar-refractivity contribution in [3.8, 4) is 0 Å². The molecule has 4 heteroatoms. The Morgan fingerprint density at radius 2 is 2.11 bits per heavy atom. The van der Waals surface area contributed by atoms with E-state index in [0.29, 0.717) is 17.8 Å². The Kier molecular flexibility index (Phi) is 3.80. The summed E-state index contributed by atoms with van der Waals surface area (Å²) in [5.74, 6) is -0.0689. The molecule has 0 fully saturated rings. The third-order valence-corrected chi connectivity index (χ3v) is 2.90. The number of rotatable bonds is 3. The second kappa shape index (κ2) is 5.52. The molecule has 19 heavy (non-hydrogen) atoms. The van der Waals surface area contributed by atoms with Crippen molar-refractivity contribution in [3.05, 3.63) is 53.9 Å². The number of aryl methyl sites for hydroxylation is 1. The highest BCUT2D eigenvalue weighted by Gasteiger charge is 2.16. The first-order valence-electron chi connectivity index (χ1n) is 6.22. The lowest BCUT2D eigenvalue weighted by Gasteiger charge is -2.21. The summed E-state index contributed by atoms with van der Waals surface area (Å²) in [7, 11) is 0. The van der Waals surface area contributed by atoms with Crippen molar-refractivity contribution in [3.63, 3.8) is 0 Å². The van der Waals surface area contributed by atoms with Gasteiger partial charge in [0.25, 0.3) is 5.91 Å². The standard InChI is InChI=1S/C15H17N3O/c1-3-18(14-6-4-5-13(16)9-14)15(19)12-8-7-11(2)17-10-12/h4-10H,3,16H2,1-2H3. The molecular formula is C15H17N3O. The molecule has 0 spiro atoms. The number of carbonyl (C=O) groups is 1. The molecule has 0 aliphatic carbocycles. The zero-order valence-electron chi connectivity index (χ0n) is 11.1. The second-order valence-corrected chi connectivity index (χ2v) is 4.33. The number of nitrogens with zero attached hydrogens (tertiary/aromatic N) is 2. The topological polar surface area (TPSA) is 59.2 Å². The summed E-state index contributed by atoms with van der Waals surface area (Å²) in [6.45, 7) is 4.41. The molecule has 0 unspecified atom stereocenters. The smallest absolute Gasteiger partial charge is 0.259 e. The van der Waals surface area contributed by atoms with Gasteiger partial charge in [-0.3, -0.25) is 9.78 Å². The molecule has 0 saturated carbocycles. The normalized spacial score (nSPS) is 10.2. The van der Waals surface area contributed by atoms with Crippen LogP contribution in [0.25, 0.3) is 0 Å². The highest BCUT2D eigenvalue weighted by molar-refractivity contribution is 6.06. The maximum absolute atomic E-state index is 12.4. The number of pyridine rings is 1. The Balaban J connectivity index is 2.31. The van der Waals surface area contributed by atoms with Crippen molar-refractivity contribution in [1.82, 2.24) is 4.98 Å². The molecule has 0 aliphatic rings. The number of nitrogen functional groups attached to an aromatic ring is 1. The molecular weight excluding hydrogens is 238 g/mol. The van der Waals surface area contributed by atoms with Crippen LogP contribution in [0.15, 0.2) is 42.6 Å². The van der Waals surface area contributed by atoms with Gasteiger partial charge in [0, 0.05) is 29.8 Å². The summed E-state index contributed by atoms with van der Waals surface area (Å²) >= 11 is 0. The van der Waals surface area contributed by atoms with Gasteiger partial charge in [0.1, 0.15) is 0 Å². The molecule has 4 nitrogen and oxygen atoms in total. The fourth-order valence-corrected chi connectivity index (χ4v) is 1.89. The van der Waals surface area contributed by atoms with E-state index >= 15 is 0 Å². The number of hydrogen-bond donors (Lipinski definition) is 1. The van der Waals surface area contributed by atoms with Crippen molar-refractivity contribution in [2.45, 2.75) is 13.8 Å². The first-order valence-corrected chi connectivity index (χ1v) is 6.22. The predicted molar refractivity (Wildman–Crippen MR) is 77.2 cm³/mol. The predicted octanol–water partition coefficient (Wildman–Crippen LogP) is 2.64. The number of carbonyl (C=O) groups excluding carboxylic acids is 1. The van der Waals surface area contributed by atoms with Crippen molar-refractivity contribution in [1.29, 1.82) is 0 Å². The van der Waals surface area contributed by atoms with Crippen LogP contribution in [0, 0.1) is 6.92 Å². The molecule has 0 atom stereocenters. The van der Waals surface area contributed by atoms with E-state index in [-0.39, 0.29) is 5.91 Å². The molecule has 0 saturated heterocycles. The fourth-order valence-electron chi connectivity index (χ4n) is 1.89. The molecule has 0 aliphatic heterocycles. The Hall–Kier alpha value is -2.36. The molecule has 0 radical (unpaired) electrons. The molecule has 2 aromatic rings. The van der Waals surface area contributed by atoms with Crippen LogP contribution < -0.4 is 10.6 Å². The van der Waals surface area contributed by atoms with Crippen molar-refractivity contribution in [2.75, 3.05) is 17.2 Å². The number of benzene rings is 1. The molecule has 1 aromatic heterocycles. The summed E-state index contributed by atoms with van der Waals surface area (Å²) in [4.78, 5) is 18.3. The van der Waals surface area contributed by atoms with Crippen LogP contribution in [0.5, 0.6) is 0 Å². The maximum Gasteiger partial charge on any atom is 0.259 e. The summed E-state index contributed by atoms with van der Waals surface area (Å²) in [5, 5.41) is 0. The Morgan fingerprint density at radius 3 is 2.68 bits per heavy atom. The highest BCUT2D eigenvalue weighted by Crippen LogP contribution is 2.19. The van der Waals surface area contributed by atoms with Gasteiger partial charge < -0.3 is 10.6 Å². The Labute approximate surface area is 112 Å². The van der Waals surface area contributed by atoms with Crippen LogP contribution in [-0.4, -0.2) is 17.4 Å². The van der Waals surface area contributed by atoms with Gasteiger partial charge in [-0.2, -0.15) is 0 Å². The van der Waals surface area contributed by atoms with Gasteiger partial charge in [-0.1, -0.05) is 6.07 Å². The lowest BCUT2D eigenvalue weighted by Crippen LogP contribution is -2.30. The largest absolute Gasteiger partial charge is 0.399 e. The number of amides is 1. The lowest BCUT2D eigenvalue weighted by atomic mass is 10.2. The van der Waals surface area contributed by atoms with Gasteiger partial charge >= 0.3 is 0 Å². The van der Waals surface area contributed by atoms with E-state index in [1.54, 1.807) is 29.3 Å². The average Bonchev–Trinajstić information content (AvgIpc) is 2.40. The SMILES string of the molecule is CCN(C(=O)c1ccc(C)nc1)c1cccc(N)c1. The van der Waals surface area contributed by atoms with E-state index in [1.807, 2.05) is 32.0 Å². The fraction of sp³-hybridized carbons (Fsp3) is 0.200. The van der Waals surface area contributed by atoms with Crippen LogP contribution >= 0.6 is 0 Å². The molecule has 98 valence electrons. The summed E-state index contributed by atoms with van der Waals surface area (Å²) in [6.07, 6.45) is 1.60. The van der Waals surface area contributed by atoms with Gasteiger partial charge in [-0.25, -0.2) is 0 Å². The van der Waals surface area contributed by atoms with Crippen LogP contribution in [0.1, 0.15) is 23.0 Å². The third kappa shape index (κ3) is 2.91. The van der Waals surface area contributed by atoms with Gasteiger partial charge in [0.05, 0.1) is 5.56 Å². The number of hydrogen-bond acceptors (Lipinski definition) is 3. The van der Waals surface area contributed by atoms with E-state index in [4.69, 9.17) is 5.73 Å². The monoisotopic (exact) mass is 255 g/mol. The molecule has 2 rings (SSSR count). The first-order chi connectivity index (χ1) is 9.11. The highest BCUT2D eigenvalue weighted by atomic mass is 16.2. The zero-order valence-corrected chi connectivity index (χ0v) is 11.1. The number of nitrogens with two attached hydrogens (primary N) is 1. The van der Waals surface area contributed by atoms with E-state index in [2.05, 4.69) is 4.98 Å². The van der Waals surface area contributed by atoms with E-state index in [9.17, 15) is 4.79 Å². The minimum Gasteiger partial charge on any atom is -0.399 e. The molecule has 1 heterocycles. The third-order valence-electron chi connectivity index (χ3n) is 2.90. The maximum atomic E-state index is 12.4. The molecule has 1 aromatic carbocycles. The summed E-state index contributed by atoms with van der Waals surface area (Å²) in [5.41, 5.74) is 8.67. The zero-order chi connectivity index (χ0) is 13.8. The van der Waals surface area contributed by atoms with Crippen molar-refractivity contribution in [2.24, 2.45) is 0 Å². The summed E-state index contributed by atoms with van der Waals surface area (Å²) < 4.78 is 0. The summed E-state index contributed by atoms with van der Waals surface area (Å²) in [6, 6.07) is 10.9. The van der Waals surface area contributed by atoms with Crippen molar-refractivity contribution < 1.29 is 4.79 Å². The average molecular weight is 255 g/mol. The number of aromatic nitrogens is 1. The quantitative estimate of drug-likeness (QED) is 0.858. The van der Waals surface area contributed by atoms with Crippen LogP contribution in [0.2, 0.25) is 0 Å². The van der Waals surface area contributed by atoms with E-state index in [0.717, 1.165) is 11.4 Å². The number of anilines is 2. The second-order valence-electron chi connectivity index (χ2n) is 4.33. The van der Waals surface area contributed by atoms with E-state index in [1.165, 1.54) is 0 Å². The van der Waals surface area contributed by atoms with Gasteiger partial charge in [0.15, 0.2) is 0 Å². The molecule has 2 N–H and O–H groups in total. The van der Waals surface area contributed by atoms with Gasteiger partial charge in [0.2, 0.25) is 0 Å². The van der Waals surface area contributed by atoms with Gasteiger partial charge in [-0.05, 0) is 44.2 Å². The first kappa shape index (κ1) is 13.1. The lowest BCUT2D eigenvalue weighted by molar-refractivity contribution is 0.0988. The minimum atomic E-state index is -0.0689.